The Morgan fingerprint density at radius 3 is 2.07 bits per heavy atom. The van der Waals surface area contributed by atoms with Gasteiger partial charge in [-0.1, -0.05) is 57.4 Å². The Labute approximate surface area is 249 Å². The van der Waals surface area contributed by atoms with Gasteiger partial charge in [-0.15, -0.1) is 0 Å². The van der Waals surface area contributed by atoms with Crippen LogP contribution in [0, 0.1) is 0 Å². The van der Waals surface area contributed by atoms with Crippen molar-refractivity contribution in [2.45, 2.75) is 57.9 Å². The summed E-state index contributed by atoms with van der Waals surface area (Å²) in [7, 11) is 1.70. The second kappa shape index (κ2) is 13.6. The average molecular weight is 570 g/mol. The zero-order valence-electron chi connectivity index (χ0n) is 25.0. The normalized spacial score (nSPS) is 15.8. The Kier molecular flexibility index (Phi) is 9.52. The zero-order valence-corrected chi connectivity index (χ0v) is 25.0. The summed E-state index contributed by atoms with van der Waals surface area (Å²) in [5.74, 6) is 1.20. The predicted octanol–water partition coefficient (Wildman–Crippen LogP) is 6.85. The number of para-hydroxylation sites is 2. The molecule has 1 aliphatic carbocycles. The largest absolute Gasteiger partial charge is 0.495 e. The third-order valence-corrected chi connectivity index (χ3v) is 8.32. The van der Waals surface area contributed by atoms with Crippen LogP contribution in [0.15, 0.2) is 66.7 Å². The van der Waals surface area contributed by atoms with Crippen molar-refractivity contribution in [1.82, 2.24) is 5.32 Å². The Balaban J connectivity index is 1.31. The minimum atomic E-state index is -0.343. The van der Waals surface area contributed by atoms with E-state index < -0.39 is 0 Å². The van der Waals surface area contributed by atoms with Crippen LogP contribution in [0.25, 0.3) is 0 Å². The van der Waals surface area contributed by atoms with Gasteiger partial charge in [-0.25, -0.2) is 4.79 Å². The van der Waals surface area contributed by atoms with E-state index in [-0.39, 0.29) is 18.0 Å². The van der Waals surface area contributed by atoms with Crippen LogP contribution < -0.4 is 30.5 Å². The van der Waals surface area contributed by atoms with Crippen molar-refractivity contribution in [1.29, 1.82) is 0 Å². The lowest BCUT2D eigenvalue weighted by Crippen LogP contribution is -2.47. The molecule has 0 unspecified atom stereocenters. The molecule has 1 aliphatic heterocycles. The number of benzene rings is 3. The highest BCUT2D eigenvalue weighted by Gasteiger charge is 2.25. The third kappa shape index (κ3) is 7.16. The van der Waals surface area contributed by atoms with E-state index in [1.807, 2.05) is 60.7 Å². The van der Waals surface area contributed by atoms with Crippen molar-refractivity contribution >= 4 is 34.7 Å². The van der Waals surface area contributed by atoms with Gasteiger partial charge < -0.3 is 30.5 Å². The molecule has 3 aromatic rings. The van der Waals surface area contributed by atoms with E-state index in [1.165, 1.54) is 12.0 Å². The molecule has 2 fully saturated rings. The van der Waals surface area contributed by atoms with Crippen molar-refractivity contribution in [3.63, 3.8) is 0 Å². The minimum absolute atomic E-state index is 0.0857. The molecule has 8 heteroatoms. The van der Waals surface area contributed by atoms with Crippen LogP contribution in [0.1, 0.15) is 67.8 Å². The summed E-state index contributed by atoms with van der Waals surface area (Å²) in [6.07, 6.45) is 5.53. The summed E-state index contributed by atoms with van der Waals surface area (Å²) in [6, 6.07) is 21.4. The highest BCUT2D eigenvalue weighted by atomic mass is 16.5. The molecule has 222 valence electrons. The van der Waals surface area contributed by atoms with Crippen LogP contribution >= 0.6 is 0 Å². The molecular weight excluding hydrogens is 526 g/mol. The third-order valence-electron chi connectivity index (χ3n) is 8.32. The number of urea groups is 1. The van der Waals surface area contributed by atoms with Gasteiger partial charge in [0.1, 0.15) is 5.75 Å². The van der Waals surface area contributed by atoms with E-state index in [0.29, 0.717) is 17.2 Å². The summed E-state index contributed by atoms with van der Waals surface area (Å²) in [5.41, 5.74) is 5.07. The van der Waals surface area contributed by atoms with Gasteiger partial charge in [0.25, 0.3) is 5.91 Å². The monoisotopic (exact) mass is 569 g/mol. The van der Waals surface area contributed by atoms with Gasteiger partial charge in [0, 0.05) is 49.3 Å². The van der Waals surface area contributed by atoms with Crippen LogP contribution in [0.4, 0.5) is 27.5 Å². The Hall–Kier alpha value is -4.20. The number of nitrogens with zero attached hydrogens (tertiary/aromatic N) is 2. The van der Waals surface area contributed by atoms with Gasteiger partial charge in [-0.2, -0.15) is 0 Å². The summed E-state index contributed by atoms with van der Waals surface area (Å²) in [5, 5.41) is 9.11. The van der Waals surface area contributed by atoms with Gasteiger partial charge in [0.2, 0.25) is 0 Å². The molecule has 5 rings (SSSR count). The van der Waals surface area contributed by atoms with E-state index >= 15 is 0 Å². The Morgan fingerprint density at radius 2 is 1.40 bits per heavy atom. The lowest BCUT2D eigenvalue weighted by atomic mass is 9.95. The number of anilines is 4. The molecule has 0 radical (unpaired) electrons. The number of ether oxygens (including phenoxy) is 1. The molecule has 0 spiro atoms. The Bertz CT molecular complexity index is 1360. The lowest BCUT2D eigenvalue weighted by molar-refractivity contribution is 0.0928. The summed E-state index contributed by atoms with van der Waals surface area (Å²) in [4.78, 5) is 31.1. The van der Waals surface area contributed by atoms with E-state index in [2.05, 4.69) is 45.7 Å². The van der Waals surface area contributed by atoms with E-state index in [1.54, 1.807) is 7.11 Å². The van der Waals surface area contributed by atoms with Crippen LogP contribution in [-0.4, -0.2) is 51.3 Å². The average Bonchev–Trinajstić information content (AvgIpc) is 3.02. The molecule has 3 amide bonds. The van der Waals surface area contributed by atoms with Crippen LogP contribution in [0.5, 0.6) is 5.75 Å². The van der Waals surface area contributed by atoms with E-state index in [0.717, 1.165) is 74.7 Å². The number of rotatable bonds is 8. The molecule has 0 atom stereocenters. The summed E-state index contributed by atoms with van der Waals surface area (Å²) in [6.45, 7) is 7.43. The number of carbonyl (C=O) groups is 2. The first-order valence-electron chi connectivity index (χ1n) is 15.2. The first kappa shape index (κ1) is 29.3. The van der Waals surface area contributed by atoms with Crippen molar-refractivity contribution < 1.29 is 14.3 Å². The molecule has 3 N–H and O–H groups in total. The second-order valence-corrected chi connectivity index (χ2v) is 11.5. The van der Waals surface area contributed by atoms with Crippen molar-refractivity contribution in [2.75, 3.05) is 53.7 Å². The maximum Gasteiger partial charge on any atom is 0.323 e. The van der Waals surface area contributed by atoms with Crippen molar-refractivity contribution in [3.05, 3.63) is 77.9 Å². The number of amides is 3. The molecule has 3 aromatic carbocycles. The molecule has 2 aliphatic rings. The van der Waals surface area contributed by atoms with E-state index in [9.17, 15) is 9.59 Å². The SMILES string of the molecule is COc1ccccc1N1CCN(c2ccc(NC(=O)Nc3ccc(C(C)C)cc3)cc2C(=O)NC2CCCCC2)CC1. The standard InChI is InChI=1S/C34H43N5O3/c1-24(2)25-13-15-27(16-14-25)36-34(41)37-28-17-18-30(29(23-28)33(40)35-26-9-5-4-6-10-26)38-19-21-39(22-20-38)31-11-7-8-12-32(31)42-3/h7-8,11-18,23-24,26H,4-6,9-10,19-22H2,1-3H3,(H,35,40)(H2,36,37,41). The van der Waals surface area contributed by atoms with Gasteiger partial charge in [0.05, 0.1) is 18.4 Å². The fourth-order valence-corrected chi connectivity index (χ4v) is 5.91. The quantitative estimate of drug-likeness (QED) is 0.276. The fraction of sp³-hybridized carbons (Fsp3) is 0.412. The molecule has 42 heavy (non-hydrogen) atoms. The second-order valence-electron chi connectivity index (χ2n) is 11.5. The van der Waals surface area contributed by atoms with Crippen molar-refractivity contribution in [2.24, 2.45) is 0 Å². The molecule has 0 aromatic heterocycles. The van der Waals surface area contributed by atoms with Gasteiger partial charge in [-0.05, 0) is 66.8 Å². The van der Waals surface area contributed by atoms with Gasteiger partial charge >= 0.3 is 6.03 Å². The van der Waals surface area contributed by atoms with E-state index in [4.69, 9.17) is 4.74 Å². The maximum absolute atomic E-state index is 13.7. The van der Waals surface area contributed by atoms with Crippen molar-refractivity contribution in [3.8, 4) is 5.75 Å². The Morgan fingerprint density at radius 1 is 0.786 bits per heavy atom. The first-order chi connectivity index (χ1) is 20.4. The molecule has 8 nitrogen and oxygen atoms in total. The number of methoxy groups -OCH3 is 1. The minimum Gasteiger partial charge on any atom is -0.495 e. The predicted molar refractivity (Wildman–Crippen MR) is 171 cm³/mol. The zero-order chi connectivity index (χ0) is 29.5. The molecular formula is C34H43N5O3. The summed E-state index contributed by atoms with van der Waals surface area (Å²) < 4.78 is 5.58. The smallest absolute Gasteiger partial charge is 0.323 e. The number of piperazine rings is 1. The fourth-order valence-electron chi connectivity index (χ4n) is 5.91. The van der Waals surface area contributed by atoms with Crippen LogP contribution in [0.2, 0.25) is 0 Å². The number of carbonyl (C=O) groups excluding carboxylic acids is 2. The lowest BCUT2D eigenvalue weighted by Gasteiger charge is -2.38. The van der Waals surface area contributed by atoms with Gasteiger partial charge in [0.15, 0.2) is 0 Å². The van der Waals surface area contributed by atoms with Crippen LogP contribution in [-0.2, 0) is 0 Å². The molecule has 0 bridgehead atoms. The molecule has 1 heterocycles. The number of nitrogens with one attached hydrogen (secondary N) is 3. The molecule has 1 saturated carbocycles. The summed E-state index contributed by atoms with van der Waals surface area (Å²) >= 11 is 0. The maximum atomic E-state index is 13.7. The first-order valence-corrected chi connectivity index (χ1v) is 15.2. The highest BCUT2D eigenvalue weighted by Crippen LogP contribution is 2.31. The van der Waals surface area contributed by atoms with Gasteiger partial charge in [-0.3, -0.25) is 4.79 Å². The van der Waals surface area contributed by atoms with Crippen LogP contribution in [0.3, 0.4) is 0 Å². The molecule has 1 saturated heterocycles. The topological polar surface area (TPSA) is 85.9 Å². The highest BCUT2D eigenvalue weighted by molar-refractivity contribution is 6.04. The number of hydrogen-bond acceptors (Lipinski definition) is 5. The number of hydrogen-bond donors (Lipinski definition) is 3.